The Morgan fingerprint density at radius 1 is 1.02 bits per heavy atom. The van der Waals surface area contributed by atoms with Crippen molar-refractivity contribution in [3.8, 4) is 22.8 Å². The number of nitrogens with zero attached hydrogens (tertiary/aromatic N) is 5. The highest BCUT2D eigenvalue weighted by molar-refractivity contribution is 5.89. The minimum absolute atomic E-state index is 0.130. The van der Waals surface area contributed by atoms with Crippen LogP contribution in [-0.4, -0.2) is 42.3 Å². The molecule has 0 spiro atoms. The van der Waals surface area contributed by atoms with Gasteiger partial charge in [-0.05, 0) is 85.3 Å². The summed E-state index contributed by atoms with van der Waals surface area (Å²) in [5.74, 6) is -1.07. The average molecular weight is 626 g/mol. The van der Waals surface area contributed by atoms with E-state index in [1.54, 1.807) is 12.1 Å². The molecule has 11 heteroatoms. The minimum atomic E-state index is -4.95. The van der Waals surface area contributed by atoms with Gasteiger partial charge in [0.05, 0.1) is 17.6 Å². The number of benzene rings is 2. The van der Waals surface area contributed by atoms with Gasteiger partial charge in [-0.3, -0.25) is 9.88 Å². The summed E-state index contributed by atoms with van der Waals surface area (Å²) in [6.45, 7) is 4.53. The Morgan fingerprint density at radius 2 is 1.89 bits per heavy atom. The molecule has 0 bridgehead atoms. The minimum Gasteiger partial charge on any atom is -0.486 e. The lowest BCUT2D eigenvalue weighted by Crippen LogP contribution is -2.30. The third-order valence-electron chi connectivity index (χ3n) is 8.56. The SMILES string of the molecule is Cc1cc2c(c(-c3cccc(-n4ncc(C(=O)O)c4C(F)(F)F)n3)c1)C(Oc1ccc3c(c1)CCN(Cc1ccccn1)C3)CC2. The molecule has 2 aromatic carbocycles. The first-order chi connectivity index (χ1) is 22.1. The highest BCUT2D eigenvalue weighted by atomic mass is 19.4. The number of alkyl halides is 3. The summed E-state index contributed by atoms with van der Waals surface area (Å²) in [6, 6.07) is 21.0. The topological polar surface area (TPSA) is 93.4 Å². The van der Waals surface area contributed by atoms with Crippen LogP contribution in [0.3, 0.4) is 0 Å². The molecule has 1 aliphatic heterocycles. The fourth-order valence-corrected chi connectivity index (χ4v) is 6.54. The smallest absolute Gasteiger partial charge is 0.434 e. The first-order valence-electron chi connectivity index (χ1n) is 15.0. The number of pyridine rings is 2. The Balaban J connectivity index is 1.17. The molecule has 46 heavy (non-hydrogen) atoms. The predicted molar refractivity (Wildman–Crippen MR) is 164 cm³/mol. The second kappa shape index (κ2) is 11.7. The maximum atomic E-state index is 13.9. The van der Waals surface area contributed by atoms with E-state index in [1.165, 1.54) is 17.2 Å². The summed E-state index contributed by atoms with van der Waals surface area (Å²) < 4.78 is 49.0. The highest BCUT2D eigenvalue weighted by Crippen LogP contribution is 2.42. The Hall–Kier alpha value is -5.03. The van der Waals surface area contributed by atoms with E-state index in [2.05, 4.69) is 38.2 Å². The number of carbonyl (C=O) groups is 1. The monoisotopic (exact) mass is 625 g/mol. The molecule has 0 saturated carbocycles. The van der Waals surface area contributed by atoms with Gasteiger partial charge in [0.1, 0.15) is 17.4 Å². The van der Waals surface area contributed by atoms with Crippen molar-refractivity contribution in [2.24, 2.45) is 0 Å². The molecule has 1 aliphatic carbocycles. The first-order valence-corrected chi connectivity index (χ1v) is 15.0. The number of carboxylic acids is 1. The van der Waals surface area contributed by atoms with E-state index in [1.807, 2.05) is 43.5 Å². The van der Waals surface area contributed by atoms with Gasteiger partial charge < -0.3 is 9.84 Å². The van der Waals surface area contributed by atoms with Crippen molar-refractivity contribution in [1.29, 1.82) is 0 Å². The summed E-state index contributed by atoms with van der Waals surface area (Å²) in [5, 5.41) is 13.1. The Morgan fingerprint density at radius 3 is 2.67 bits per heavy atom. The van der Waals surface area contributed by atoms with Crippen molar-refractivity contribution in [3.05, 3.63) is 124 Å². The average Bonchev–Trinajstić information content (AvgIpc) is 3.67. The molecule has 4 heterocycles. The molecule has 234 valence electrons. The summed E-state index contributed by atoms with van der Waals surface area (Å²) in [7, 11) is 0. The number of halogens is 3. The molecule has 1 unspecified atom stereocenters. The molecule has 5 aromatic rings. The Kier molecular flexibility index (Phi) is 7.56. The van der Waals surface area contributed by atoms with Crippen LogP contribution in [0.1, 0.15) is 62.1 Å². The zero-order valence-electron chi connectivity index (χ0n) is 25.0. The predicted octanol–water partition coefficient (Wildman–Crippen LogP) is 6.98. The number of rotatable bonds is 7. The molecular weight excluding hydrogens is 595 g/mol. The molecule has 0 amide bonds. The number of hydrogen-bond acceptors (Lipinski definition) is 6. The number of aryl methyl sites for hydroxylation is 2. The fourth-order valence-electron chi connectivity index (χ4n) is 6.54. The van der Waals surface area contributed by atoms with Crippen LogP contribution < -0.4 is 4.74 Å². The molecular formula is C35H30F3N5O3. The van der Waals surface area contributed by atoms with Gasteiger partial charge in [0.15, 0.2) is 11.5 Å². The van der Waals surface area contributed by atoms with Gasteiger partial charge in [-0.1, -0.05) is 29.8 Å². The van der Waals surface area contributed by atoms with Crippen LogP contribution in [0.2, 0.25) is 0 Å². The van der Waals surface area contributed by atoms with Crippen LogP contribution in [0.5, 0.6) is 5.75 Å². The molecule has 2 aliphatic rings. The van der Waals surface area contributed by atoms with Gasteiger partial charge in [-0.25, -0.2) is 14.5 Å². The summed E-state index contributed by atoms with van der Waals surface area (Å²) in [5.41, 5.74) is 5.53. The molecule has 3 aromatic heterocycles. The molecule has 7 rings (SSSR count). The maximum Gasteiger partial charge on any atom is 0.434 e. The number of aromatic nitrogens is 4. The summed E-state index contributed by atoms with van der Waals surface area (Å²) >= 11 is 0. The van der Waals surface area contributed by atoms with Gasteiger partial charge in [-0.15, -0.1) is 0 Å². The van der Waals surface area contributed by atoms with E-state index in [-0.39, 0.29) is 11.9 Å². The standard InChI is InChI=1S/C35H30F3N5O3/c1-21-15-23-9-11-30(46-26-10-8-24-19-42(14-12-22(24)17-26)20-25-5-2-3-13-39-25)32(23)27(16-21)29-6-4-7-31(41-29)43-33(35(36,37)38)28(18-40-43)34(44)45/h2-8,10,13,15-18,30H,9,11-12,14,19-20H2,1H3,(H,44,45). The van der Waals surface area contributed by atoms with E-state index in [9.17, 15) is 23.1 Å². The Bertz CT molecular complexity index is 1940. The third kappa shape index (κ3) is 5.74. The largest absolute Gasteiger partial charge is 0.486 e. The molecule has 0 radical (unpaired) electrons. The zero-order valence-corrected chi connectivity index (χ0v) is 25.0. The normalized spacial score (nSPS) is 16.2. The maximum absolute atomic E-state index is 13.9. The lowest BCUT2D eigenvalue weighted by molar-refractivity contribution is -0.143. The summed E-state index contributed by atoms with van der Waals surface area (Å²) in [4.78, 5) is 22.9. The van der Waals surface area contributed by atoms with Crippen LogP contribution in [0.4, 0.5) is 13.2 Å². The van der Waals surface area contributed by atoms with Crippen molar-refractivity contribution in [1.82, 2.24) is 24.6 Å². The van der Waals surface area contributed by atoms with Crippen LogP contribution >= 0.6 is 0 Å². The quantitative estimate of drug-likeness (QED) is 0.209. The van der Waals surface area contributed by atoms with Crippen molar-refractivity contribution in [2.75, 3.05) is 6.54 Å². The van der Waals surface area contributed by atoms with Crippen molar-refractivity contribution in [2.45, 2.75) is 51.6 Å². The highest BCUT2D eigenvalue weighted by Gasteiger charge is 2.41. The number of fused-ring (bicyclic) bond motifs is 2. The van der Waals surface area contributed by atoms with E-state index in [4.69, 9.17) is 4.74 Å². The van der Waals surface area contributed by atoms with Crippen LogP contribution in [0.15, 0.2) is 79.1 Å². The van der Waals surface area contributed by atoms with Crippen LogP contribution in [0.25, 0.3) is 17.1 Å². The third-order valence-corrected chi connectivity index (χ3v) is 8.56. The summed E-state index contributed by atoms with van der Waals surface area (Å²) in [6.07, 6.45) is -0.258. The molecule has 8 nitrogen and oxygen atoms in total. The van der Waals surface area contributed by atoms with Gasteiger partial charge in [0.25, 0.3) is 0 Å². The van der Waals surface area contributed by atoms with E-state index < -0.39 is 23.4 Å². The van der Waals surface area contributed by atoms with Gasteiger partial charge in [0, 0.05) is 37.0 Å². The first kappa shape index (κ1) is 29.7. The second-order valence-electron chi connectivity index (χ2n) is 11.7. The van der Waals surface area contributed by atoms with E-state index in [0.717, 1.165) is 72.6 Å². The number of hydrogen-bond donors (Lipinski definition) is 1. The number of aromatic carboxylic acids is 1. The number of carboxylic acid groups (broad SMARTS) is 1. The molecule has 1 atom stereocenters. The van der Waals surface area contributed by atoms with Crippen molar-refractivity contribution >= 4 is 5.97 Å². The lowest BCUT2D eigenvalue weighted by Gasteiger charge is -2.29. The fraction of sp³-hybridized carbons (Fsp3) is 0.257. The van der Waals surface area contributed by atoms with Gasteiger partial charge in [0.2, 0.25) is 0 Å². The molecule has 0 saturated heterocycles. The zero-order chi connectivity index (χ0) is 32.0. The molecule has 0 fully saturated rings. The van der Waals surface area contributed by atoms with Crippen molar-refractivity contribution < 1.29 is 27.8 Å². The van der Waals surface area contributed by atoms with E-state index in [0.29, 0.717) is 16.6 Å². The van der Waals surface area contributed by atoms with E-state index >= 15 is 0 Å². The van der Waals surface area contributed by atoms with Crippen LogP contribution in [-0.2, 0) is 32.1 Å². The Labute approximate surface area is 263 Å². The molecule has 1 N–H and O–H groups in total. The van der Waals surface area contributed by atoms with Gasteiger partial charge in [-0.2, -0.15) is 18.3 Å². The van der Waals surface area contributed by atoms with Crippen molar-refractivity contribution in [3.63, 3.8) is 0 Å². The number of ether oxygens (including phenoxy) is 1. The lowest BCUT2D eigenvalue weighted by atomic mass is 9.96. The second-order valence-corrected chi connectivity index (χ2v) is 11.7. The van der Waals surface area contributed by atoms with Crippen LogP contribution in [0, 0.1) is 6.92 Å². The van der Waals surface area contributed by atoms with Gasteiger partial charge >= 0.3 is 12.1 Å².